The summed E-state index contributed by atoms with van der Waals surface area (Å²) in [4.78, 5) is 2.26. The lowest BCUT2D eigenvalue weighted by atomic mass is 10.2. The molecule has 0 aromatic rings. The Hall–Kier alpha value is -0.120. The fourth-order valence-corrected chi connectivity index (χ4v) is 2.07. The average Bonchev–Trinajstić information content (AvgIpc) is 2.55. The van der Waals surface area contributed by atoms with E-state index in [9.17, 15) is 5.11 Å². The third-order valence-corrected chi connectivity index (χ3v) is 2.81. The zero-order valence-corrected chi connectivity index (χ0v) is 8.70. The number of rotatable bonds is 5. The number of hydrogen-bond donors (Lipinski definition) is 1. The minimum absolute atomic E-state index is 0.337. The van der Waals surface area contributed by atoms with Crippen LogP contribution in [0.3, 0.4) is 0 Å². The van der Waals surface area contributed by atoms with Gasteiger partial charge in [-0.2, -0.15) is 0 Å². The molecular formula is C10H21NO2. The first kappa shape index (κ1) is 11.0. The van der Waals surface area contributed by atoms with Crippen molar-refractivity contribution in [2.45, 2.75) is 37.8 Å². The molecule has 0 bridgehead atoms. The normalized spacial score (nSPS) is 21.2. The number of likely N-dealkylation sites (N-methyl/N-ethyl adjacent to an activating group) is 1. The number of hydrogen-bond acceptors (Lipinski definition) is 3. The van der Waals surface area contributed by atoms with Gasteiger partial charge in [-0.25, -0.2) is 0 Å². The number of nitrogens with zero attached hydrogens (tertiary/aromatic N) is 1. The molecular weight excluding hydrogens is 166 g/mol. The third kappa shape index (κ3) is 3.63. The summed E-state index contributed by atoms with van der Waals surface area (Å²) in [5, 5.41) is 9.51. The van der Waals surface area contributed by atoms with E-state index in [1.807, 2.05) is 0 Å². The number of aliphatic hydroxyl groups is 1. The summed E-state index contributed by atoms with van der Waals surface area (Å²) in [5.41, 5.74) is 0. The van der Waals surface area contributed by atoms with Crippen LogP contribution in [0, 0.1) is 0 Å². The van der Waals surface area contributed by atoms with Gasteiger partial charge in [0, 0.05) is 19.7 Å². The molecule has 1 unspecified atom stereocenters. The second-order valence-electron chi connectivity index (χ2n) is 3.99. The molecule has 1 aliphatic carbocycles. The molecule has 78 valence electrons. The lowest BCUT2D eigenvalue weighted by Gasteiger charge is -2.26. The first-order chi connectivity index (χ1) is 6.24. The van der Waals surface area contributed by atoms with Crippen LogP contribution in [-0.2, 0) is 4.74 Å². The first-order valence-corrected chi connectivity index (χ1v) is 5.11. The highest BCUT2D eigenvalue weighted by atomic mass is 16.5. The Bertz CT molecular complexity index is 135. The summed E-state index contributed by atoms with van der Waals surface area (Å²) in [5.74, 6) is 0. The van der Waals surface area contributed by atoms with Crippen LogP contribution in [0.15, 0.2) is 0 Å². The molecule has 0 spiro atoms. The maximum Gasteiger partial charge on any atom is 0.0900 e. The van der Waals surface area contributed by atoms with Gasteiger partial charge < -0.3 is 14.7 Å². The van der Waals surface area contributed by atoms with Crippen LogP contribution in [0.25, 0.3) is 0 Å². The number of aliphatic hydroxyl groups excluding tert-OH is 1. The Balaban J connectivity index is 2.18. The zero-order chi connectivity index (χ0) is 9.68. The minimum atomic E-state index is -0.337. The van der Waals surface area contributed by atoms with Crippen molar-refractivity contribution in [1.82, 2.24) is 4.90 Å². The van der Waals surface area contributed by atoms with Crippen molar-refractivity contribution in [3.63, 3.8) is 0 Å². The molecule has 0 radical (unpaired) electrons. The van der Waals surface area contributed by atoms with E-state index >= 15 is 0 Å². The standard InChI is InChI=1S/C10H21NO2/c1-11(7-10(12)8-13-2)9-5-3-4-6-9/h9-10,12H,3-8H2,1-2H3. The van der Waals surface area contributed by atoms with Crippen LogP contribution in [0.2, 0.25) is 0 Å². The molecule has 1 aliphatic rings. The van der Waals surface area contributed by atoms with Gasteiger partial charge in [0.2, 0.25) is 0 Å². The maximum absolute atomic E-state index is 9.51. The Morgan fingerprint density at radius 2 is 2.08 bits per heavy atom. The summed E-state index contributed by atoms with van der Waals surface area (Å²) >= 11 is 0. The lowest BCUT2D eigenvalue weighted by molar-refractivity contribution is 0.0348. The molecule has 3 nitrogen and oxygen atoms in total. The molecule has 1 saturated carbocycles. The van der Waals surface area contributed by atoms with Gasteiger partial charge in [0.05, 0.1) is 12.7 Å². The van der Waals surface area contributed by atoms with E-state index in [0.29, 0.717) is 12.6 Å². The van der Waals surface area contributed by atoms with Crippen LogP contribution >= 0.6 is 0 Å². The van der Waals surface area contributed by atoms with Crippen molar-refractivity contribution >= 4 is 0 Å². The van der Waals surface area contributed by atoms with Crippen molar-refractivity contribution in [2.75, 3.05) is 27.3 Å². The number of ether oxygens (including phenoxy) is 1. The Morgan fingerprint density at radius 3 is 2.62 bits per heavy atom. The molecule has 0 amide bonds. The van der Waals surface area contributed by atoms with E-state index in [-0.39, 0.29) is 6.10 Å². The van der Waals surface area contributed by atoms with E-state index in [2.05, 4.69) is 11.9 Å². The Morgan fingerprint density at radius 1 is 1.46 bits per heavy atom. The fraction of sp³-hybridized carbons (Fsp3) is 1.00. The molecule has 0 saturated heterocycles. The van der Waals surface area contributed by atoms with Crippen molar-refractivity contribution < 1.29 is 9.84 Å². The van der Waals surface area contributed by atoms with E-state index in [4.69, 9.17) is 4.74 Å². The SMILES string of the molecule is COCC(O)CN(C)C1CCCC1. The van der Waals surface area contributed by atoms with Gasteiger partial charge in [-0.3, -0.25) is 0 Å². The molecule has 1 atom stereocenters. The maximum atomic E-state index is 9.51. The quantitative estimate of drug-likeness (QED) is 0.693. The lowest BCUT2D eigenvalue weighted by Crippen LogP contribution is -2.37. The number of methoxy groups -OCH3 is 1. The monoisotopic (exact) mass is 187 g/mol. The van der Waals surface area contributed by atoms with Crippen LogP contribution in [0.1, 0.15) is 25.7 Å². The zero-order valence-electron chi connectivity index (χ0n) is 8.70. The van der Waals surface area contributed by atoms with Crippen LogP contribution in [0.4, 0.5) is 0 Å². The summed E-state index contributed by atoms with van der Waals surface area (Å²) in [6, 6.07) is 0.687. The van der Waals surface area contributed by atoms with Gasteiger partial charge >= 0.3 is 0 Å². The summed E-state index contributed by atoms with van der Waals surface area (Å²) in [6.07, 6.45) is 4.92. The van der Waals surface area contributed by atoms with Crippen molar-refractivity contribution in [3.05, 3.63) is 0 Å². The van der Waals surface area contributed by atoms with Gasteiger partial charge in [-0.15, -0.1) is 0 Å². The molecule has 1 fully saturated rings. The fourth-order valence-electron chi connectivity index (χ4n) is 2.07. The predicted octanol–water partition coefficient (Wildman–Crippen LogP) is 0.868. The molecule has 13 heavy (non-hydrogen) atoms. The van der Waals surface area contributed by atoms with E-state index in [0.717, 1.165) is 6.54 Å². The molecule has 0 aromatic carbocycles. The highest BCUT2D eigenvalue weighted by Crippen LogP contribution is 2.22. The van der Waals surface area contributed by atoms with Gasteiger partial charge in [0.25, 0.3) is 0 Å². The second kappa shape index (κ2) is 5.58. The van der Waals surface area contributed by atoms with Crippen molar-refractivity contribution in [1.29, 1.82) is 0 Å². The van der Waals surface area contributed by atoms with E-state index in [1.165, 1.54) is 25.7 Å². The Kier molecular flexibility index (Phi) is 4.70. The minimum Gasteiger partial charge on any atom is -0.389 e. The topological polar surface area (TPSA) is 32.7 Å². The summed E-state index contributed by atoms with van der Waals surface area (Å²) in [6.45, 7) is 1.18. The molecule has 1 N–H and O–H groups in total. The second-order valence-corrected chi connectivity index (χ2v) is 3.99. The van der Waals surface area contributed by atoms with Gasteiger partial charge in [0.1, 0.15) is 0 Å². The van der Waals surface area contributed by atoms with Crippen LogP contribution in [-0.4, -0.2) is 49.5 Å². The predicted molar refractivity (Wildman–Crippen MR) is 52.8 cm³/mol. The highest BCUT2D eigenvalue weighted by molar-refractivity contribution is 4.76. The van der Waals surface area contributed by atoms with Gasteiger partial charge in [0.15, 0.2) is 0 Å². The van der Waals surface area contributed by atoms with Crippen LogP contribution < -0.4 is 0 Å². The van der Waals surface area contributed by atoms with Crippen LogP contribution in [0.5, 0.6) is 0 Å². The van der Waals surface area contributed by atoms with Gasteiger partial charge in [-0.05, 0) is 19.9 Å². The Labute approximate surface area is 80.7 Å². The molecule has 0 aromatic heterocycles. The molecule has 0 aliphatic heterocycles. The molecule has 1 rings (SSSR count). The van der Waals surface area contributed by atoms with E-state index in [1.54, 1.807) is 7.11 Å². The van der Waals surface area contributed by atoms with Crippen molar-refractivity contribution in [3.8, 4) is 0 Å². The largest absolute Gasteiger partial charge is 0.389 e. The average molecular weight is 187 g/mol. The first-order valence-electron chi connectivity index (χ1n) is 5.11. The highest BCUT2D eigenvalue weighted by Gasteiger charge is 2.20. The molecule has 0 heterocycles. The van der Waals surface area contributed by atoms with Crippen molar-refractivity contribution in [2.24, 2.45) is 0 Å². The molecule has 3 heteroatoms. The summed E-state index contributed by atoms with van der Waals surface area (Å²) in [7, 11) is 3.72. The van der Waals surface area contributed by atoms with E-state index < -0.39 is 0 Å². The summed E-state index contributed by atoms with van der Waals surface area (Å²) < 4.78 is 4.89. The van der Waals surface area contributed by atoms with Gasteiger partial charge in [-0.1, -0.05) is 12.8 Å². The smallest absolute Gasteiger partial charge is 0.0900 e. The third-order valence-electron chi connectivity index (χ3n) is 2.81.